The van der Waals surface area contributed by atoms with Crippen molar-refractivity contribution in [3.8, 4) is 11.5 Å². The van der Waals surface area contributed by atoms with E-state index in [0.29, 0.717) is 24.6 Å². The summed E-state index contributed by atoms with van der Waals surface area (Å²) in [5.74, 6) is 1.92. The third-order valence-corrected chi connectivity index (χ3v) is 4.59. The zero-order valence-corrected chi connectivity index (χ0v) is 16.8. The molecule has 0 bridgehead atoms. The second kappa shape index (κ2) is 10.6. The molecule has 4 nitrogen and oxygen atoms in total. The number of carbonyl (C=O) groups excluding carboxylic acids is 1. The van der Waals surface area contributed by atoms with E-state index in [4.69, 9.17) is 9.47 Å². The number of aryl methyl sites for hydroxylation is 1. The molecule has 0 aliphatic heterocycles. The number of methoxy groups -OCH3 is 1. The van der Waals surface area contributed by atoms with E-state index in [9.17, 15) is 4.79 Å². The number of ether oxygens (including phenoxy) is 2. The fourth-order valence-corrected chi connectivity index (χ4v) is 2.83. The van der Waals surface area contributed by atoms with Crippen LogP contribution in [0.5, 0.6) is 11.5 Å². The number of amides is 1. The van der Waals surface area contributed by atoms with Crippen molar-refractivity contribution in [3.05, 3.63) is 59.7 Å². The third-order valence-electron chi connectivity index (χ3n) is 4.59. The average Bonchev–Trinajstić information content (AvgIpc) is 2.70. The Bertz CT molecular complexity index is 693. The van der Waals surface area contributed by atoms with Crippen LogP contribution in [0.15, 0.2) is 48.5 Å². The molecule has 0 saturated heterocycles. The molecule has 0 spiro atoms. The van der Waals surface area contributed by atoms with Gasteiger partial charge < -0.3 is 14.8 Å². The third kappa shape index (κ3) is 6.63. The molecule has 0 fully saturated rings. The van der Waals surface area contributed by atoms with Gasteiger partial charge in [0.15, 0.2) is 6.10 Å². The summed E-state index contributed by atoms with van der Waals surface area (Å²) in [6, 6.07) is 16.0. The van der Waals surface area contributed by atoms with E-state index in [0.717, 1.165) is 18.6 Å². The van der Waals surface area contributed by atoms with Gasteiger partial charge in [-0.05, 0) is 60.6 Å². The van der Waals surface area contributed by atoms with E-state index in [1.165, 1.54) is 11.1 Å². The summed E-state index contributed by atoms with van der Waals surface area (Å²) in [6.45, 7) is 6.99. The van der Waals surface area contributed by atoms with Crippen molar-refractivity contribution in [3.63, 3.8) is 0 Å². The fraction of sp³-hybridized carbons (Fsp3) is 0.435. The first kappa shape index (κ1) is 20.8. The first-order chi connectivity index (χ1) is 13.0. The van der Waals surface area contributed by atoms with Crippen molar-refractivity contribution in [1.29, 1.82) is 0 Å². The molecule has 2 aromatic rings. The Morgan fingerprint density at radius 3 is 2.19 bits per heavy atom. The summed E-state index contributed by atoms with van der Waals surface area (Å²) in [6.07, 6.45) is 2.00. The molecule has 1 unspecified atom stereocenters. The number of hydrogen-bond acceptors (Lipinski definition) is 3. The molecule has 0 aromatic heterocycles. The van der Waals surface area contributed by atoms with E-state index >= 15 is 0 Å². The van der Waals surface area contributed by atoms with Crippen LogP contribution in [0.3, 0.4) is 0 Å². The van der Waals surface area contributed by atoms with E-state index in [-0.39, 0.29) is 5.91 Å². The van der Waals surface area contributed by atoms with Crippen molar-refractivity contribution < 1.29 is 14.3 Å². The first-order valence-corrected chi connectivity index (χ1v) is 9.70. The number of hydrogen-bond donors (Lipinski definition) is 1. The summed E-state index contributed by atoms with van der Waals surface area (Å²) < 4.78 is 10.9. The molecule has 2 aromatic carbocycles. The topological polar surface area (TPSA) is 47.6 Å². The SMILES string of the molecule is CCC(Oc1ccc(OC)cc1)C(=O)NCCCc1ccc(C(C)C)cc1. The van der Waals surface area contributed by atoms with Crippen LogP contribution >= 0.6 is 0 Å². The van der Waals surface area contributed by atoms with Gasteiger partial charge >= 0.3 is 0 Å². The Labute approximate surface area is 162 Å². The normalized spacial score (nSPS) is 11.9. The van der Waals surface area contributed by atoms with Crippen LogP contribution in [0.2, 0.25) is 0 Å². The van der Waals surface area contributed by atoms with Gasteiger partial charge in [0.05, 0.1) is 7.11 Å². The largest absolute Gasteiger partial charge is 0.497 e. The number of benzene rings is 2. The number of nitrogens with one attached hydrogen (secondary N) is 1. The highest BCUT2D eigenvalue weighted by Gasteiger charge is 2.17. The monoisotopic (exact) mass is 369 g/mol. The summed E-state index contributed by atoms with van der Waals surface area (Å²) in [4.78, 5) is 12.4. The lowest BCUT2D eigenvalue weighted by molar-refractivity contribution is -0.128. The van der Waals surface area contributed by atoms with E-state index in [1.807, 2.05) is 31.2 Å². The average molecular weight is 370 g/mol. The van der Waals surface area contributed by atoms with Crippen molar-refractivity contribution >= 4 is 5.91 Å². The zero-order valence-electron chi connectivity index (χ0n) is 16.8. The van der Waals surface area contributed by atoms with Gasteiger partial charge in [0.1, 0.15) is 11.5 Å². The summed E-state index contributed by atoms with van der Waals surface area (Å²) in [5, 5.41) is 2.99. The maximum absolute atomic E-state index is 12.4. The Morgan fingerprint density at radius 2 is 1.63 bits per heavy atom. The maximum Gasteiger partial charge on any atom is 0.261 e. The van der Waals surface area contributed by atoms with Crippen LogP contribution < -0.4 is 14.8 Å². The number of rotatable bonds is 10. The zero-order chi connectivity index (χ0) is 19.6. The fourth-order valence-electron chi connectivity index (χ4n) is 2.83. The van der Waals surface area contributed by atoms with Gasteiger partial charge in [0.2, 0.25) is 0 Å². The van der Waals surface area contributed by atoms with E-state index < -0.39 is 6.10 Å². The predicted octanol–water partition coefficient (Wildman–Crippen LogP) is 4.73. The summed E-state index contributed by atoms with van der Waals surface area (Å²) in [5.41, 5.74) is 2.66. The minimum atomic E-state index is -0.483. The Balaban J connectivity index is 1.75. The van der Waals surface area contributed by atoms with Crippen LogP contribution in [-0.2, 0) is 11.2 Å². The Hall–Kier alpha value is -2.49. The Morgan fingerprint density at radius 1 is 1.00 bits per heavy atom. The van der Waals surface area contributed by atoms with Crippen LogP contribution in [0.1, 0.15) is 50.7 Å². The molecule has 146 valence electrons. The molecule has 4 heteroatoms. The highest BCUT2D eigenvalue weighted by atomic mass is 16.5. The van der Waals surface area contributed by atoms with E-state index in [2.05, 4.69) is 43.4 Å². The molecule has 1 N–H and O–H groups in total. The minimum absolute atomic E-state index is 0.0662. The van der Waals surface area contributed by atoms with Crippen molar-refractivity contribution in [2.75, 3.05) is 13.7 Å². The predicted molar refractivity (Wildman–Crippen MR) is 110 cm³/mol. The molecule has 0 saturated carbocycles. The van der Waals surface area contributed by atoms with Gasteiger partial charge in [-0.15, -0.1) is 0 Å². The lowest BCUT2D eigenvalue weighted by Gasteiger charge is -2.17. The lowest BCUT2D eigenvalue weighted by atomic mass is 10.0. The van der Waals surface area contributed by atoms with Gasteiger partial charge in [-0.2, -0.15) is 0 Å². The van der Waals surface area contributed by atoms with Crippen molar-refractivity contribution in [2.45, 2.75) is 52.1 Å². The van der Waals surface area contributed by atoms with Crippen molar-refractivity contribution in [1.82, 2.24) is 5.32 Å². The maximum atomic E-state index is 12.4. The van der Waals surface area contributed by atoms with Gasteiger partial charge in [-0.3, -0.25) is 4.79 Å². The van der Waals surface area contributed by atoms with Gasteiger partial charge in [0.25, 0.3) is 5.91 Å². The Kier molecular flexibility index (Phi) is 8.18. The molecule has 2 rings (SSSR count). The molecule has 0 aliphatic carbocycles. The molecular weight excluding hydrogens is 338 g/mol. The first-order valence-electron chi connectivity index (χ1n) is 9.70. The van der Waals surface area contributed by atoms with Gasteiger partial charge in [-0.25, -0.2) is 0 Å². The molecule has 0 aliphatic rings. The molecular formula is C23H31NO3. The van der Waals surface area contributed by atoms with E-state index in [1.54, 1.807) is 7.11 Å². The summed E-state index contributed by atoms with van der Waals surface area (Å²) in [7, 11) is 1.62. The minimum Gasteiger partial charge on any atom is -0.497 e. The van der Waals surface area contributed by atoms with Crippen LogP contribution in [-0.4, -0.2) is 25.7 Å². The molecule has 1 atom stereocenters. The van der Waals surface area contributed by atoms with Crippen LogP contribution in [0.25, 0.3) is 0 Å². The van der Waals surface area contributed by atoms with Gasteiger partial charge in [0, 0.05) is 6.54 Å². The standard InChI is InChI=1S/C23H31NO3/c1-5-22(27-21-14-12-20(26-4)13-15-21)23(25)24-16-6-7-18-8-10-19(11-9-18)17(2)3/h8-15,17,22H,5-7,16H2,1-4H3,(H,24,25). The number of carbonyl (C=O) groups is 1. The second-order valence-electron chi connectivity index (χ2n) is 6.98. The smallest absolute Gasteiger partial charge is 0.261 e. The van der Waals surface area contributed by atoms with Gasteiger partial charge in [-0.1, -0.05) is 45.0 Å². The highest BCUT2D eigenvalue weighted by Crippen LogP contribution is 2.19. The lowest BCUT2D eigenvalue weighted by Crippen LogP contribution is -2.38. The quantitative estimate of drug-likeness (QED) is 0.616. The molecule has 0 radical (unpaired) electrons. The summed E-state index contributed by atoms with van der Waals surface area (Å²) >= 11 is 0. The molecule has 0 heterocycles. The second-order valence-corrected chi connectivity index (χ2v) is 6.98. The van der Waals surface area contributed by atoms with Crippen molar-refractivity contribution in [2.24, 2.45) is 0 Å². The van der Waals surface area contributed by atoms with Crippen LogP contribution in [0, 0.1) is 0 Å². The van der Waals surface area contributed by atoms with Crippen LogP contribution in [0.4, 0.5) is 0 Å². The highest BCUT2D eigenvalue weighted by molar-refractivity contribution is 5.81. The molecule has 1 amide bonds. The molecule has 27 heavy (non-hydrogen) atoms.